The van der Waals surface area contributed by atoms with Crippen molar-refractivity contribution in [2.45, 2.75) is 44.3 Å². The minimum absolute atomic E-state index is 0.0546. The number of benzene rings is 1. The third-order valence-electron chi connectivity index (χ3n) is 7.08. The van der Waals surface area contributed by atoms with Gasteiger partial charge in [-0.2, -0.15) is 4.98 Å². The first-order chi connectivity index (χ1) is 19.1. The van der Waals surface area contributed by atoms with E-state index in [4.69, 9.17) is 4.98 Å². The quantitative estimate of drug-likeness (QED) is 0.185. The Balaban J connectivity index is 1.42. The molecule has 0 unspecified atom stereocenters. The summed E-state index contributed by atoms with van der Waals surface area (Å²) in [5.41, 5.74) is 3.53. The number of aliphatic hydroxyl groups is 3. The minimum Gasteiger partial charge on any atom is -0.396 e. The van der Waals surface area contributed by atoms with Gasteiger partial charge in [-0.05, 0) is 31.9 Å². The Bertz CT molecular complexity index is 1600. The Hall–Kier alpha value is -3.23. The molecule has 0 amide bonds. The molecular weight excluding hydrogens is 552 g/mol. The van der Waals surface area contributed by atoms with Crippen molar-refractivity contribution in [1.29, 1.82) is 0 Å². The van der Waals surface area contributed by atoms with E-state index >= 15 is 0 Å². The summed E-state index contributed by atoms with van der Waals surface area (Å²) in [6, 6.07) is 10.3. The maximum atomic E-state index is 12.7. The third kappa shape index (κ3) is 6.08. The van der Waals surface area contributed by atoms with Gasteiger partial charge in [-0.1, -0.05) is 30.3 Å². The van der Waals surface area contributed by atoms with E-state index in [9.17, 15) is 23.7 Å². The molecule has 5 N–H and O–H groups in total. The highest BCUT2D eigenvalue weighted by Gasteiger charge is 2.41. The van der Waals surface area contributed by atoms with Gasteiger partial charge in [0.1, 0.15) is 22.4 Å². The van der Waals surface area contributed by atoms with Crippen LogP contribution in [0.4, 0.5) is 11.8 Å². The van der Waals surface area contributed by atoms with E-state index in [1.54, 1.807) is 18.3 Å². The van der Waals surface area contributed by atoms with Crippen LogP contribution < -0.4 is 10.6 Å². The Morgan fingerprint density at radius 2 is 1.80 bits per heavy atom. The molecule has 1 aliphatic rings. The van der Waals surface area contributed by atoms with Gasteiger partial charge in [0.05, 0.1) is 45.3 Å². The first-order valence-electron chi connectivity index (χ1n) is 13.0. The molecule has 0 saturated heterocycles. The van der Waals surface area contributed by atoms with Gasteiger partial charge < -0.3 is 26.0 Å². The second kappa shape index (κ2) is 11.7. The first kappa shape index (κ1) is 28.3. The number of nitrogens with one attached hydrogen (secondary N) is 2. The normalized spacial score (nSPS) is 21.1. The van der Waals surface area contributed by atoms with Crippen LogP contribution in [-0.4, -0.2) is 80.8 Å². The average Bonchev–Trinajstić information content (AvgIpc) is 3.46. The zero-order valence-electron chi connectivity index (χ0n) is 22.1. The molecule has 4 aromatic rings. The van der Waals surface area contributed by atoms with E-state index in [1.165, 1.54) is 11.3 Å². The summed E-state index contributed by atoms with van der Waals surface area (Å²) in [5.74, 6) is -0.0143. The van der Waals surface area contributed by atoms with Crippen LogP contribution in [0.15, 0.2) is 42.6 Å². The molecule has 0 radical (unpaired) electrons. The van der Waals surface area contributed by atoms with E-state index in [-0.39, 0.29) is 30.6 Å². The zero-order valence-corrected chi connectivity index (χ0v) is 23.8. The molecule has 11 nitrogen and oxygen atoms in total. The van der Waals surface area contributed by atoms with Crippen molar-refractivity contribution in [2.75, 3.05) is 29.5 Å². The summed E-state index contributed by atoms with van der Waals surface area (Å²) >= 11 is 1.46. The van der Waals surface area contributed by atoms with E-state index in [0.717, 1.165) is 21.5 Å². The zero-order chi connectivity index (χ0) is 28.4. The van der Waals surface area contributed by atoms with Crippen LogP contribution in [0.25, 0.3) is 20.8 Å². The summed E-state index contributed by atoms with van der Waals surface area (Å²) in [6.45, 7) is 3.56. The molecule has 4 atom stereocenters. The number of hydrogen-bond acceptors (Lipinski definition) is 12. The van der Waals surface area contributed by atoms with Crippen LogP contribution in [0.2, 0.25) is 0 Å². The highest BCUT2D eigenvalue weighted by atomic mass is 32.2. The number of sulfone groups is 1. The number of pyridine rings is 1. The Morgan fingerprint density at radius 3 is 2.50 bits per heavy atom. The lowest BCUT2D eigenvalue weighted by Gasteiger charge is -2.21. The van der Waals surface area contributed by atoms with Crippen LogP contribution in [0.1, 0.15) is 23.4 Å². The van der Waals surface area contributed by atoms with Gasteiger partial charge in [0.25, 0.3) is 0 Å². The van der Waals surface area contributed by atoms with Gasteiger partial charge in [-0.25, -0.2) is 18.4 Å². The third-order valence-corrected chi connectivity index (χ3v) is 9.72. The monoisotopic (exact) mass is 584 g/mol. The van der Waals surface area contributed by atoms with Crippen molar-refractivity contribution < 1.29 is 23.7 Å². The van der Waals surface area contributed by atoms with Crippen LogP contribution in [0, 0.1) is 19.8 Å². The number of nitrogens with zero attached hydrogens (tertiary/aromatic N) is 4. The molecule has 1 fully saturated rings. The second-order valence-electron chi connectivity index (χ2n) is 10.0. The van der Waals surface area contributed by atoms with Crippen LogP contribution >= 0.6 is 11.3 Å². The molecule has 3 aromatic heterocycles. The molecule has 13 heteroatoms. The van der Waals surface area contributed by atoms with Crippen LogP contribution in [-0.2, 0) is 15.6 Å². The predicted octanol–water partition coefficient (Wildman–Crippen LogP) is 2.31. The number of aryl methyl sites for hydroxylation is 2. The fourth-order valence-electron chi connectivity index (χ4n) is 4.94. The fourth-order valence-corrected chi connectivity index (χ4v) is 7.31. The highest BCUT2D eigenvalue weighted by Crippen LogP contribution is 2.38. The van der Waals surface area contributed by atoms with Gasteiger partial charge in [-0.15, -0.1) is 11.3 Å². The number of rotatable bonds is 10. The molecule has 212 valence electrons. The van der Waals surface area contributed by atoms with Crippen LogP contribution in [0.5, 0.6) is 0 Å². The smallest absolute Gasteiger partial charge is 0.224 e. The summed E-state index contributed by atoms with van der Waals surface area (Å²) < 4.78 is 26.3. The number of thiazole rings is 1. The first-order valence-corrected chi connectivity index (χ1v) is 15.6. The number of aromatic nitrogens is 4. The Kier molecular flexibility index (Phi) is 8.29. The minimum atomic E-state index is -3.37. The van der Waals surface area contributed by atoms with Gasteiger partial charge in [-0.3, -0.25) is 4.98 Å². The molecule has 3 heterocycles. The number of hydrogen-bond donors (Lipinski definition) is 5. The number of fused-ring (bicyclic) bond motifs is 1. The Labute approximate surface area is 236 Å². The molecule has 0 spiro atoms. The Morgan fingerprint density at radius 1 is 1.02 bits per heavy atom. The van der Waals surface area contributed by atoms with E-state index < -0.39 is 34.0 Å². The van der Waals surface area contributed by atoms with E-state index in [1.807, 2.05) is 38.1 Å². The van der Waals surface area contributed by atoms with Gasteiger partial charge >= 0.3 is 0 Å². The molecule has 0 bridgehead atoms. The maximum Gasteiger partial charge on any atom is 0.224 e. The van der Waals surface area contributed by atoms with Crippen molar-refractivity contribution in [1.82, 2.24) is 19.9 Å². The van der Waals surface area contributed by atoms with E-state index in [0.29, 0.717) is 28.5 Å². The number of anilines is 2. The van der Waals surface area contributed by atoms with Crippen molar-refractivity contribution in [2.24, 2.45) is 5.92 Å². The topological polar surface area (TPSA) is 170 Å². The molecule has 40 heavy (non-hydrogen) atoms. The summed E-state index contributed by atoms with van der Waals surface area (Å²) in [5, 5.41) is 37.6. The molecule has 1 aliphatic carbocycles. The largest absolute Gasteiger partial charge is 0.396 e. The van der Waals surface area contributed by atoms with Gasteiger partial charge in [0.2, 0.25) is 5.95 Å². The average molecular weight is 585 g/mol. The van der Waals surface area contributed by atoms with Gasteiger partial charge in [0.15, 0.2) is 9.84 Å². The predicted molar refractivity (Wildman–Crippen MR) is 155 cm³/mol. The SMILES string of the molecule is Cc1nc(NCCS(=O)(=O)Cc2ccccc2)nc(N[C@@H]2C[C@H](CO)[C@@H](O)[C@H]2O)c1-c1nc2c(C)nccc2s1. The van der Waals surface area contributed by atoms with Crippen molar-refractivity contribution in [3.05, 3.63) is 59.5 Å². The molecule has 1 aromatic carbocycles. The standard InChI is InChI=1S/C27H32N6O5S2/c1-15-21(26-32-22-16(2)28-9-8-20(22)39-26)25(31-19-12-18(13-34)23(35)24(19)36)33-27(30-15)29-10-11-40(37,38)14-17-6-4-3-5-7-17/h3-9,18-19,23-24,34-36H,10-14H2,1-2H3,(H2,29,30,31,33)/t18-,19-,23-,24+/m1/s1. The lowest BCUT2D eigenvalue weighted by molar-refractivity contribution is 0.00446. The lowest BCUT2D eigenvalue weighted by atomic mass is 10.1. The van der Waals surface area contributed by atoms with Crippen molar-refractivity contribution in [3.8, 4) is 10.6 Å². The summed E-state index contributed by atoms with van der Waals surface area (Å²) in [4.78, 5) is 18.4. The van der Waals surface area contributed by atoms with Crippen molar-refractivity contribution >= 4 is 43.2 Å². The van der Waals surface area contributed by atoms with Crippen molar-refractivity contribution in [3.63, 3.8) is 0 Å². The highest BCUT2D eigenvalue weighted by molar-refractivity contribution is 7.90. The van der Waals surface area contributed by atoms with Gasteiger partial charge in [0, 0.05) is 25.3 Å². The van der Waals surface area contributed by atoms with Crippen LogP contribution in [0.3, 0.4) is 0 Å². The molecule has 1 saturated carbocycles. The molecule has 0 aliphatic heterocycles. The number of aliphatic hydroxyl groups excluding tert-OH is 3. The fraction of sp³-hybridized carbons (Fsp3) is 0.407. The summed E-state index contributed by atoms with van der Waals surface area (Å²) in [7, 11) is -3.37. The second-order valence-corrected chi connectivity index (χ2v) is 13.2. The molecular formula is C27H32N6O5S2. The van der Waals surface area contributed by atoms with E-state index in [2.05, 4.69) is 25.6 Å². The summed E-state index contributed by atoms with van der Waals surface area (Å²) in [6.07, 6.45) is -0.115. The molecule has 5 rings (SSSR count). The lowest BCUT2D eigenvalue weighted by Crippen LogP contribution is -2.35. The maximum absolute atomic E-state index is 12.7.